The van der Waals surface area contributed by atoms with Crippen molar-refractivity contribution in [2.45, 2.75) is 6.92 Å². The van der Waals surface area contributed by atoms with Gasteiger partial charge in [-0.2, -0.15) is 4.99 Å². The van der Waals surface area contributed by atoms with E-state index in [2.05, 4.69) is 10.3 Å². The number of fused-ring (bicyclic) bond motifs is 1. The van der Waals surface area contributed by atoms with Crippen LogP contribution < -0.4 is 14.8 Å². The molecule has 2 aliphatic rings. The number of nitro benzene ring substituents is 1. The Morgan fingerprint density at radius 3 is 2.78 bits per heavy atom. The SMILES string of the molecule is CC(=O)NC1=NC(=O)/C(=C/c2cc3c(cc2[N+](=O)[O-])OCO3)S1. The quantitative estimate of drug-likeness (QED) is 0.493. The minimum absolute atomic E-state index is 0.0179. The Labute approximate surface area is 133 Å². The van der Waals surface area contributed by atoms with E-state index >= 15 is 0 Å². The molecule has 0 saturated heterocycles. The number of amidine groups is 1. The summed E-state index contributed by atoms with van der Waals surface area (Å²) in [5.74, 6) is -0.301. The van der Waals surface area contributed by atoms with Crippen molar-refractivity contribution in [2.75, 3.05) is 6.79 Å². The van der Waals surface area contributed by atoms with Gasteiger partial charge >= 0.3 is 0 Å². The van der Waals surface area contributed by atoms with E-state index < -0.39 is 10.8 Å². The lowest BCUT2D eigenvalue weighted by Crippen LogP contribution is -2.23. The zero-order valence-corrected chi connectivity index (χ0v) is 12.5. The van der Waals surface area contributed by atoms with Gasteiger partial charge in [0.1, 0.15) is 0 Å². The summed E-state index contributed by atoms with van der Waals surface area (Å²) in [5.41, 5.74) is -0.0301. The molecule has 0 spiro atoms. The standard InChI is InChI=1S/C13H9N3O6S/c1-6(17)14-13-15-12(18)11(23-13)3-7-2-9-10(22-5-21-9)4-8(7)16(19)20/h2-4H,5H2,1H3,(H,14,15,17,18)/b11-3-. The van der Waals surface area contributed by atoms with Crippen molar-refractivity contribution in [3.05, 3.63) is 32.7 Å². The Bertz CT molecular complexity index is 801. The monoisotopic (exact) mass is 335 g/mol. The summed E-state index contributed by atoms with van der Waals surface area (Å²) in [5, 5.41) is 13.7. The summed E-state index contributed by atoms with van der Waals surface area (Å²) in [6.07, 6.45) is 1.34. The second kappa shape index (κ2) is 5.72. The van der Waals surface area contributed by atoms with E-state index in [0.717, 1.165) is 11.8 Å². The first-order valence-electron chi connectivity index (χ1n) is 6.32. The smallest absolute Gasteiger partial charge is 0.286 e. The molecule has 0 bridgehead atoms. The zero-order chi connectivity index (χ0) is 16.6. The molecular formula is C13H9N3O6S. The number of ether oxygens (including phenoxy) is 2. The average molecular weight is 335 g/mol. The molecule has 118 valence electrons. The van der Waals surface area contributed by atoms with Gasteiger partial charge in [-0.25, -0.2) is 0 Å². The van der Waals surface area contributed by atoms with Crippen molar-refractivity contribution < 1.29 is 24.0 Å². The molecule has 2 heterocycles. The molecule has 23 heavy (non-hydrogen) atoms. The van der Waals surface area contributed by atoms with Gasteiger partial charge in [0.15, 0.2) is 16.7 Å². The summed E-state index contributed by atoms with van der Waals surface area (Å²) >= 11 is 0.931. The van der Waals surface area contributed by atoms with Crippen LogP contribution in [0.1, 0.15) is 12.5 Å². The molecule has 0 aromatic heterocycles. The molecule has 2 aliphatic heterocycles. The molecule has 3 rings (SSSR count). The van der Waals surface area contributed by atoms with E-state index in [9.17, 15) is 19.7 Å². The third-order valence-corrected chi connectivity index (χ3v) is 3.81. The lowest BCUT2D eigenvalue weighted by Gasteiger charge is -2.02. The van der Waals surface area contributed by atoms with Gasteiger partial charge in [-0.1, -0.05) is 0 Å². The number of benzene rings is 1. The number of nitro groups is 1. The van der Waals surface area contributed by atoms with Crippen LogP contribution in [-0.2, 0) is 9.59 Å². The first kappa shape index (κ1) is 15.0. The van der Waals surface area contributed by atoms with E-state index in [4.69, 9.17) is 9.47 Å². The number of carbonyl (C=O) groups is 2. The van der Waals surface area contributed by atoms with Crippen molar-refractivity contribution in [3.8, 4) is 11.5 Å². The number of hydrogen-bond acceptors (Lipinski definition) is 7. The second-order valence-electron chi connectivity index (χ2n) is 4.54. The van der Waals surface area contributed by atoms with E-state index in [0.29, 0.717) is 5.75 Å². The molecule has 10 heteroatoms. The van der Waals surface area contributed by atoms with Gasteiger partial charge in [-0.3, -0.25) is 19.7 Å². The first-order valence-corrected chi connectivity index (χ1v) is 7.14. The molecule has 0 saturated carbocycles. The van der Waals surface area contributed by atoms with Crippen LogP contribution in [0.5, 0.6) is 11.5 Å². The van der Waals surface area contributed by atoms with Crippen molar-refractivity contribution in [1.29, 1.82) is 0 Å². The van der Waals surface area contributed by atoms with Crippen molar-refractivity contribution in [3.63, 3.8) is 0 Å². The van der Waals surface area contributed by atoms with Crippen molar-refractivity contribution >= 4 is 40.5 Å². The summed E-state index contributed by atoms with van der Waals surface area (Å²) in [7, 11) is 0. The highest BCUT2D eigenvalue weighted by atomic mass is 32.2. The molecule has 1 N–H and O–H groups in total. The highest BCUT2D eigenvalue weighted by Crippen LogP contribution is 2.40. The Balaban J connectivity index is 1.95. The summed E-state index contributed by atoms with van der Waals surface area (Å²) in [6.45, 7) is 1.27. The van der Waals surface area contributed by atoms with Gasteiger partial charge in [0.2, 0.25) is 12.7 Å². The number of rotatable bonds is 2. The Kier molecular flexibility index (Phi) is 3.74. The van der Waals surface area contributed by atoms with Gasteiger partial charge in [0.25, 0.3) is 11.6 Å². The van der Waals surface area contributed by atoms with E-state index in [-0.39, 0.29) is 39.8 Å². The number of amides is 2. The van der Waals surface area contributed by atoms with Crippen LogP contribution >= 0.6 is 11.8 Å². The molecular weight excluding hydrogens is 326 g/mol. The number of carbonyl (C=O) groups excluding carboxylic acids is 2. The summed E-state index contributed by atoms with van der Waals surface area (Å²) in [6, 6.07) is 2.67. The largest absolute Gasteiger partial charge is 0.454 e. The summed E-state index contributed by atoms with van der Waals surface area (Å²) in [4.78, 5) is 37.3. The molecule has 2 amide bonds. The normalized spacial score (nSPS) is 17.3. The molecule has 0 atom stereocenters. The number of nitrogens with zero attached hydrogens (tertiary/aromatic N) is 2. The number of hydrogen-bond donors (Lipinski definition) is 1. The lowest BCUT2D eigenvalue weighted by molar-refractivity contribution is -0.385. The van der Waals surface area contributed by atoms with E-state index in [1.807, 2.05) is 0 Å². The van der Waals surface area contributed by atoms with Crippen LogP contribution in [0.3, 0.4) is 0 Å². The predicted molar refractivity (Wildman–Crippen MR) is 81.0 cm³/mol. The Morgan fingerprint density at radius 1 is 1.43 bits per heavy atom. The Morgan fingerprint density at radius 2 is 2.13 bits per heavy atom. The molecule has 1 aromatic carbocycles. The topological polar surface area (TPSA) is 120 Å². The highest BCUT2D eigenvalue weighted by molar-refractivity contribution is 8.18. The molecule has 0 fully saturated rings. The minimum Gasteiger partial charge on any atom is -0.454 e. The number of aliphatic imine (C=N–C) groups is 1. The van der Waals surface area contributed by atoms with Crippen LogP contribution in [0.25, 0.3) is 6.08 Å². The fourth-order valence-electron chi connectivity index (χ4n) is 1.98. The lowest BCUT2D eigenvalue weighted by atomic mass is 10.1. The first-order chi connectivity index (χ1) is 10.9. The van der Waals surface area contributed by atoms with Crippen molar-refractivity contribution in [2.24, 2.45) is 4.99 Å². The third-order valence-electron chi connectivity index (χ3n) is 2.91. The van der Waals surface area contributed by atoms with Crippen LogP contribution in [0.4, 0.5) is 5.69 Å². The second-order valence-corrected chi connectivity index (χ2v) is 5.57. The fraction of sp³-hybridized carbons (Fsp3) is 0.154. The molecule has 0 unspecified atom stereocenters. The van der Waals surface area contributed by atoms with Gasteiger partial charge in [-0.05, 0) is 23.9 Å². The average Bonchev–Trinajstić information content (AvgIpc) is 3.04. The van der Waals surface area contributed by atoms with Crippen LogP contribution in [0.15, 0.2) is 22.0 Å². The number of nitrogens with one attached hydrogen (secondary N) is 1. The van der Waals surface area contributed by atoms with Gasteiger partial charge in [0.05, 0.1) is 21.5 Å². The van der Waals surface area contributed by atoms with Gasteiger partial charge < -0.3 is 14.8 Å². The maximum Gasteiger partial charge on any atom is 0.286 e. The highest BCUT2D eigenvalue weighted by Gasteiger charge is 2.26. The van der Waals surface area contributed by atoms with Crippen LogP contribution in [0, 0.1) is 10.1 Å². The minimum atomic E-state index is -0.578. The van der Waals surface area contributed by atoms with Crippen LogP contribution in [-0.4, -0.2) is 28.7 Å². The maximum absolute atomic E-state index is 11.8. The van der Waals surface area contributed by atoms with Gasteiger partial charge in [-0.15, -0.1) is 0 Å². The van der Waals surface area contributed by atoms with E-state index in [1.54, 1.807) is 0 Å². The summed E-state index contributed by atoms with van der Waals surface area (Å²) < 4.78 is 10.3. The molecule has 9 nitrogen and oxygen atoms in total. The molecule has 1 aromatic rings. The third kappa shape index (κ3) is 3.01. The Hall–Kier alpha value is -2.88. The zero-order valence-electron chi connectivity index (χ0n) is 11.7. The van der Waals surface area contributed by atoms with Crippen molar-refractivity contribution in [1.82, 2.24) is 5.32 Å². The van der Waals surface area contributed by atoms with Crippen LogP contribution in [0.2, 0.25) is 0 Å². The van der Waals surface area contributed by atoms with Gasteiger partial charge in [0, 0.05) is 6.92 Å². The maximum atomic E-state index is 11.8. The molecule has 0 aliphatic carbocycles. The predicted octanol–water partition coefficient (Wildman–Crippen LogP) is 1.43. The fourth-order valence-corrected chi connectivity index (χ4v) is 2.83. The van der Waals surface area contributed by atoms with E-state index in [1.165, 1.54) is 25.1 Å². The molecule has 0 radical (unpaired) electrons. The number of thioether (sulfide) groups is 1.